The lowest BCUT2D eigenvalue weighted by Gasteiger charge is -2.71. The summed E-state index contributed by atoms with van der Waals surface area (Å²) in [5.41, 5.74) is -0.331. The predicted molar refractivity (Wildman–Crippen MR) is 149 cm³/mol. The molecule has 0 bridgehead atoms. The first-order valence-corrected chi connectivity index (χ1v) is 15.1. The van der Waals surface area contributed by atoms with Crippen molar-refractivity contribution in [3.8, 4) is 0 Å². The first-order chi connectivity index (χ1) is 18.0. The van der Waals surface area contributed by atoms with Gasteiger partial charge in [-0.2, -0.15) is 0 Å². The number of rotatable bonds is 3. The molecule has 5 aliphatic carbocycles. The summed E-state index contributed by atoms with van der Waals surface area (Å²) in [4.78, 5) is 28.9. The number of hydrogen-bond donors (Lipinski definition) is 2. The lowest BCUT2D eigenvalue weighted by molar-refractivity contribution is -0.229. The van der Waals surface area contributed by atoms with Gasteiger partial charge in [0.15, 0.2) is 6.10 Å². The molecule has 0 aromatic heterocycles. The van der Waals surface area contributed by atoms with E-state index in [9.17, 15) is 19.8 Å². The third-order valence-electron chi connectivity index (χ3n) is 13.4. The fraction of sp³-hybridized carbons (Fsp3) is 0.848. The van der Waals surface area contributed by atoms with Gasteiger partial charge in [-0.1, -0.05) is 53.2 Å². The third kappa shape index (κ3) is 3.67. The zero-order chi connectivity index (χ0) is 28.8. The second kappa shape index (κ2) is 8.81. The van der Waals surface area contributed by atoms with Gasteiger partial charge in [0.25, 0.3) is 6.04 Å². The standard InChI is InChI=1S/C33H49NO5/c1-20(36)39-26-23(34-8)18-33(19-35)24(29(26,4)5)11-12-31(7)25(33)10-9-21-22-17-28(2,3)13-15-32(22,27(37)38)16-14-30(21,31)6/h9,22-26,35H,10-19H2,1-7H3,(H,37,38)/t22?,23?,24?,25?,26?,30-,31-,32+,33-/m1/s1. The highest BCUT2D eigenvalue weighted by atomic mass is 16.5. The number of esters is 1. The molecule has 6 heteroatoms. The van der Waals surface area contributed by atoms with Gasteiger partial charge in [0.1, 0.15) is 0 Å². The Morgan fingerprint density at radius 3 is 2.28 bits per heavy atom. The zero-order valence-electron chi connectivity index (χ0n) is 25.1. The molecular weight excluding hydrogens is 490 g/mol. The number of fused-ring (bicyclic) bond motifs is 7. The molecule has 0 aromatic rings. The molecule has 0 aromatic carbocycles. The molecule has 4 saturated carbocycles. The van der Waals surface area contributed by atoms with Crippen LogP contribution in [0.3, 0.4) is 0 Å². The van der Waals surface area contributed by atoms with E-state index in [0.717, 1.165) is 44.9 Å². The maximum Gasteiger partial charge on any atom is 0.310 e. The summed E-state index contributed by atoms with van der Waals surface area (Å²) in [6, 6.07) is -0.488. The molecule has 0 heterocycles. The fourth-order valence-corrected chi connectivity index (χ4v) is 11.2. The van der Waals surface area contributed by atoms with E-state index in [-0.39, 0.29) is 46.6 Å². The van der Waals surface area contributed by atoms with Crippen LogP contribution in [0.5, 0.6) is 0 Å². The average molecular weight is 540 g/mol. The smallest absolute Gasteiger partial charge is 0.310 e. The molecule has 5 rings (SSSR count). The Morgan fingerprint density at radius 2 is 1.69 bits per heavy atom. The van der Waals surface area contributed by atoms with Crippen LogP contribution >= 0.6 is 0 Å². The molecule has 0 saturated heterocycles. The summed E-state index contributed by atoms with van der Waals surface area (Å²) >= 11 is 0. The van der Waals surface area contributed by atoms with Gasteiger partial charge in [0.2, 0.25) is 0 Å². The molecule has 39 heavy (non-hydrogen) atoms. The van der Waals surface area contributed by atoms with E-state index in [0.29, 0.717) is 12.8 Å². The van der Waals surface area contributed by atoms with Gasteiger partial charge in [-0.25, -0.2) is 6.57 Å². The van der Waals surface area contributed by atoms with Crippen LogP contribution in [0.1, 0.15) is 106 Å². The topological polar surface area (TPSA) is 88.2 Å². The summed E-state index contributed by atoms with van der Waals surface area (Å²) in [7, 11) is 0. The molecule has 0 spiro atoms. The summed E-state index contributed by atoms with van der Waals surface area (Å²) in [5, 5.41) is 21.9. The number of nitrogens with zero attached hydrogens (tertiary/aromatic N) is 1. The number of ether oxygens (including phenoxy) is 1. The Hall–Kier alpha value is -1.87. The number of aliphatic hydroxyl groups is 1. The van der Waals surface area contributed by atoms with E-state index in [1.165, 1.54) is 12.5 Å². The minimum atomic E-state index is -0.671. The summed E-state index contributed by atoms with van der Waals surface area (Å²) in [5.74, 6) is -0.622. The molecule has 0 radical (unpaired) electrons. The number of aliphatic carboxylic acids is 1. The maximum atomic E-state index is 12.9. The number of aliphatic hydroxyl groups excluding tert-OH is 1. The molecule has 0 amide bonds. The molecule has 5 aliphatic rings. The molecule has 216 valence electrons. The molecule has 6 nitrogen and oxygen atoms in total. The minimum Gasteiger partial charge on any atom is -0.481 e. The lowest BCUT2D eigenvalue weighted by atomic mass is 9.33. The molecule has 4 fully saturated rings. The Morgan fingerprint density at radius 1 is 1.03 bits per heavy atom. The monoisotopic (exact) mass is 539 g/mol. The van der Waals surface area contributed by atoms with E-state index >= 15 is 0 Å². The van der Waals surface area contributed by atoms with Gasteiger partial charge in [-0.15, -0.1) is 0 Å². The number of carboxylic acids is 1. The third-order valence-corrected chi connectivity index (χ3v) is 13.4. The molecule has 9 atom stereocenters. The van der Waals surface area contributed by atoms with Crippen molar-refractivity contribution < 1.29 is 24.5 Å². The van der Waals surface area contributed by atoms with E-state index in [1.54, 1.807) is 0 Å². The number of carbonyl (C=O) groups excluding carboxylic acids is 1. The highest BCUT2D eigenvalue weighted by Crippen LogP contribution is 2.76. The summed E-state index contributed by atoms with van der Waals surface area (Å²) in [6.45, 7) is 23.2. The normalized spacial score (nSPS) is 47.7. The number of allylic oxidation sites excluding steroid dienone is 2. The first-order valence-electron chi connectivity index (χ1n) is 15.1. The van der Waals surface area contributed by atoms with Crippen LogP contribution in [0.15, 0.2) is 11.6 Å². The van der Waals surface area contributed by atoms with Gasteiger partial charge in [0.05, 0.1) is 5.41 Å². The second-order valence-electron chi connectivity index (χ2n) is 15.8. The maximum absolute atomic E-state index is 12.9. The van der Waals surface area contributed by atoms with E-state index in [4.69, 9.17) is 11.3 Å². The second-order valence-corrected chi connectivity index (χ2v) is 15.8. The summed E-state index contributed by atoms with van der Waals surface area (Å²) in [6.07, 6.45) is 9.32. The molecule has 5 unspecified atom stereocenters. The summed E-state index contributed by atoms with van der Waals surface area (Å²) < 4.78 is 5.83. The lowest BCUT2D eigenvalue weighted by Crippen LogP contribution is -2.68. The van der Waals surface area contributed by atoms with E-state index in [1.807, 2.05) is 0 Å². The number of carbonyl (C=O) groups is 2. The van der Waals surface area contributed by atoms with Crippen LogP contribution in [0.25, 0.3) is 4.85 Å². The minimum absolute atomic E-state index is 0.0228. The predicted octanol–water partition coefficient (Wildman–Crippen LogP) is 6.67. The molecule has 0 aliphatic heterocycles. The quantitative estimate of drug-likeness (QED) is 0.237. The largest absolute Gasteiger partial charge is 0.481 e. The van der Waals surface area contributed by atoms with Crippen molar-refractivity contribution in [1.29, 1.82) is 0 Å². The van der Waals surface area contributed by atoms with E-state index < -0.39 is 34.4 Å². The van der Waals surface area contributed by atoms with E-state index in [2.05, 4.69) is 52.5 Å². The van der Waals surface area contributed by atoms with Crippen LogP contribution in [-0.2, 0) is 14.3 Å². The number of carboxylic acid groups (broad SMARTS) is 1. The van der Waals surface area contributed by atoms with Crippen molar-refractivity contribution in [2.24, 2.45) is 50.2 Å². The SMILES string of the molecule is [C-]#[N+]C1C[C@@]2(CO)C(CC[C@]3(C)C2CC=C2C4CC(C)(C)CC[C@]4(C(=O)O)CC[C@]23C)C(C)(C)C1OC(C)=O. The Balaban J connectivity index is 1.62. The van der Waals surface area contributed by atoms with Gasteiger partial charge in [-0.05, 0) is 85.4 Å². The van der Waals surface area contributed by atoms with Crippen LogP contribution in [-0.4, -0.2) is 40.9 Å². The van der Waals surface area contributed by atoms with Gasteiger partial charge in [-0.3, -0.25) is 9.59 Å². The Bertz CT molecular complexity index is 1130. The highest BCUT2D eigenvalue weighted by Gasteiger charge is 2.72. The average Bonchev–Trinajstić information content (AvgIpc) is 2.85. The van der Waals surface area contributed by atoms with Crippen molar-refractivity contribution in [2.75, 3.05) is 6.61 Å². The Kier molecular flexibility index (Phi) is 6.47. The van der Waals surface area contributed by atoms with Crippen molar-refractivity contribution in [3.63, 3.8) is 0 Å². The van der Waals surface area contributed by atoms with Crippen molar-refractivity contribution in [1.82, 2.24) is 0 Å². The van der Waals surface area contributed by atoms with Crippen LogP contribution in [0.2, 0.25) is 0 Å². The fourth-order valence-electron chi connectivity index (χ4n) is 11.2. The Labute approximate surface area is 234 Å². The highest BCUT2D eigenvalue weighted by molar-refractivity contribution is 5.76. The van der Waals surface area contributed by atoms with Crippen molar-refractivity contribution in [3.05, 3.63) is 23.1 Å². The van der Waals surface area contributed by atoms with Gasteiger partial charge >= 0.3 is 11.9 Å². The number of hydrogen-bond acceptors (Lipinski definition) is 4. The first kappa shape index (κ1) is 28.7. The van der Waals surface area contributed by atoms with Crippen LogP contribution < -0.4 is 0 Å². The molecular formula is C33H49NO5. The van der Waals surface area contributed by atoms with Crippen LogP contribution in [0, 0.1) is 56.8 Å². The molecule has 2 N–H and O–H groups in total. The zero-order valence-corrected chi connectivity index (χ0v) is 25.1. The van der Waals surface area contributed by atoms with Gasteiger partial charge in [0, 0.05) is 30.8 Å². The van der Waals surface area contributed by atoms with Crippen molar-refractivity contribution >= 4 is 11.9 Å². The van der Waals surface area contributed by atoms with Gasteiger partial charge < -0.3 is 19.8 Å². The van der Waals surface area contributed by atoms with Crippen molar-refractivity contribution in [2.45, 2.75) is 118 Å². The van der Waals surface area contributed by atoms with Crippen LogP contribution in [0.4, 0.5) is 0 Å².